The van der Waals surface area contributed by atoms with Gasteiger partial charge < -0.3 is 5.11 Å². The van der Waals surface area contributed by atoms with Crippen LogP contribution in [0.25, 0.3) is 17.0 Å². The van der Waals surface area contributed by atoms with E-state index < -0.39 is 0 Å². The van der Waals surface area contributed by atoms with E-state index in [1.807, 2.05) is 6.07 Å². The van der Waals surface area contributed by atoms with Crippen LogP contribution in [0.4, 0.5) is 0 Å². The normalized spacial score (nSPS) is 10.7. The minimum atomic E-state index is 0.163. The summed E-state index contributed by atoms with van der Waals surface area (Å²) in [5, 5.41) is 17.5. The van der Waals surface area contributed by atoms with Crippen LogP contribution >= 0.6 is 0 Å². The SMILES string of the molecule is O=Cc1cccn2c(-c3cccc(O)c3)nnc12. The van der Waals surface area contributed by atoms with Crippen LogP contribution in [0, 0.1) is 0 Å². The quantitative estimate of drug-likeness (QED) is 0.694. The number of carbonyl (C=O) groups excluding carboxylic acids is 1. The summed E-state index contributed by atoms with van der Waals surface area (Å²) in [6, 6.07) is 10.2. The lowest BCUT2D eigenvalue weighted by Crippen LogP contribution is -1.92. The molecule has 2 aromatic heterocycles. The Bertz CT molecular complexity index is 734. The lowest BCUT2D eigenvalue weighted by atomic mass is 10.2. The number of nitrogens with zero attached hydrogens (tertiary/aromatic N) is 3. The molecule has 0 saturated heterocycles. The molecular weight excluding hydrogens is 230 g/mol. The van der Waals surface area contributed by atoms with Gasteiger partial charge in [0.1, 0.15) is 5.75 Å². The molecule has 0 fully saturated rings. The first kappa shape index (κ1) is 10.5. The van der Waals surface area contributed by atoms with Crippen LogP contribution in [0.3, 0.4) is 0 Å². The monoisotopic (exact) mass is 239 g/mol. The number of fused-ring (bicyclic) bond motifs is 1. The van der Waals surface area contributed by atoms with Gasteiger partial charge in [-0.1, -0.05) is 12.1 Å². The van der Waals surface area contributed by atoms with Gasteiger partial charge in [-0.05, 0) is 24.3 Å². The molecule has 0 bridgehead atoms. The van der Waals surface area contributed by atoms with Gasteiger partial charge in [-0.2, -0.15) is 0 Å². The number of hydrogen-bond donors (Lipinski definition) is 1. The highest BCUT2D eigenvalue weighted by molar-refractivity contribution is 5.84. The van der Waals surface area contributed by atoms with E-state index in [1.54, 1.807) is 40.9 Å². The van der Waals surface area contributed by atoms with Crippen molar-refractivity contribution >= 4 is 11.9 Å². The van der Waals surface area contributed by atoms with Crippen molar-refractivity contribution in [2.45, 2.75) is 0 Å². The number of phenolic OH excluding ortho intramolecular Hbond substituents is 1. The summed E-state index contributed by atoms with van der Waals surface area (Å²) < 4.78 is 1.72. The summed E-state index contributed by atoms with van der Waals surface area (Å²) >= 11 is 0. The molecule has 0 radical (unpaired) electrons. The fourth-order valence-corrected chi connectivity index (χ4v) is 1.87. The Labute approximate surface area is 102 Å². The van der Waals surface area contributed by atoms with E-state index in [4.69, 9.17) is 0 Å². The number of benzene rings is 1. The third kappa shape index (κ3) is 1.53. The highest BCUT2D eigenvalue weighted by atomic mass is 16.3. The molecule has 5 heteroatoms. The molecule has 3 aromatic rings. The predicted octanol–water partition coefficient (Wildman–Crippen LogP) is 1.91. The summed E-state index contributed by atoms with van der Waals surface area (Å²) in [6.45, 7) is 0. The van der Waals surface area contributed by atoms with Crippen LogP contribution in [-0.4, -0.2) is 26.0 Å². The zero-order valence-corrected chi connectivity index (χ0v) is 9.32. The highest BCUT2D eigenvalue weighted by Gasteiger charge is 2.10. The van der Waals surface area contributed by atoms with Crippen LogP contribution < -0.4 is 0 Å². The fourth-order valence-electron chi connectivity index (χ4n) is 1.87. The number of rotatable bonds is 2. The van der Waals surface area contributed by atoms with Crippen LogP contribution in [0.15, 0.2) is 42.6 Å². The third-order valence-corrected chi connectivity index (χ3v) is 2.70. The van der Waals surface area contributed by atoms with Crippen LogP contribution in [0.5, 0.6) is 5.75 Å². The van der Waals surface area contributed by atoms with Crippen molar-refractivity contribution < 1.29 is 9.90 Å². The van der Waals surface area contributed by atoms with Gasteiger partial charge in [0.05, 0.1) is 5.56 Å². The van der Waals surface area contributed by atoms with Crippen molar-refractivity contribution in [1.29, 1.82) is 0 Å². The molecule has 5 nitrogen and oxygen atoms in total. The number of phenols is 1. The number of aldehydes is 1. The Hall–Kier alpha value is -2.69. The molecule has 2 heterocycles. The van der Waals surface area contributed by atoms with Gasteiger partial charge in [-0.3, -0.25) is 9.20 Å². The molecule has 1 N–H and O–H groups in total. The number of carbonyl (C=O) groups is 1. The smallest absolute Gasteiger partial charge is 0.171 e. The molecule has 0 unspecified atom stereocenters. The molecule has 3 rings (SSSR count). The molecule has 0 aliphatic heterocycles. The maximum atomic E-state index is 10.9. The van der Waals surface area contributed by atoms with Crippen molar-refractivity contribution in [3.8, 4) is 17.1 Å². The Morgan fingerprint density at radius 3 is 2.83 bits per heavy atom. The van der Waals surface area contributed by atoms with E-state index in [1.165, 1.54) is 0 Å². The molecule has 0 spiro atoms. The maximum Gasteiger partial charge on any atom is 0.171 e. The Morgan fingerprint density at radius 1 is 1.17 bits per heavy atom. The Kier molecular flexibility index (Phi) is 2.30. The zero-order chi connectivity index (χ0) is 12.5. The lowest BCUT2D eigenvalue weighted by molar-refractivity contribution is 0.112. The van der Waals surface area contributed by atoms with Crippen LogP contribution in [-0.2, 0) is 0 Å². The molecule has 0 amide bonds. The van der Waals surface area contributed by atoms with Gasteiger partial charge in [0, 0.05) is 11.8 Å². The van der Waals surface area contributed by atoms with Gasteiger partial charge in [-0.15, -0.1) is 10.2 Å². The highest BCUT2D eigenvalue weighted by Crippen LogP contribution is 2.22. The summed E-state index contributed by atoms with van der Waals surface area (Å²) in [7, 11) is 0. The maximum absolute atomic E-state index is 10.9. The third-order valence-electron chi connectivity index (χ3n) is 2.70. The van der Waals surface area contributed by atoms with Crippen molar-refractivity contribution in [2.75, 3.05) is 0 Å². The van der Waals surface area contributed by atoms with E-state index >= 15 is 0 Å². The molecule has 0 saturated carbocycles. The van der Waals surface area contributed by atoms with Crippen molar-refractivity contribution in [3.63, 3.8) is 0 Å². The Balaban J connectivity index is 2.28. The molecular formula is C13H9N3O2. The summed E-state index contributed by atoms with van der Waals surface area (Å²) in [5.74, 6) is 0.750. The molecule has 0 aliphatic rings. The van der Waals surface area contributed by atoms with Crippen LogP contribution in [0.2, 0.25) is 0 Å². The molecule has 0 atom stereocenters. The van der Waals surface area contributed by atoms with E-state index in [0.717, 1.165) is 11.8 Å². The number of aromatic hydroxyl groups is 1. The van der Waals surface area contributed by atoms with Crippen molar-refractivity contribution in [1.82, 2.24) is 14.6 Å². The summed E-state index contributed by atoms with van der Waals surface area (Å²) in [5.41, 5.74) is 1.73. The molecule has 1 aromatic carbocycles. The first-order valence-corrected chi connectivity index (χ1v) is 5.38. The fraction of sp³-hybridized carbons (Fsp3) is 0. The van der Waals surface area contributed by atoms with Gasteiger partial charge in [0.15, 0.2) is 17.8 Å². The predicted molar refractivity (Wildman–Crippen MR) is 65.5 cm³/mol. The van der Waals surface area contributed by atoms with E-state index in [2.05, 4.69) is 10.2 Å². The van der Waals surface area contributed by atoms with Gasteiger partial charge in [0.25, 0.3) is 0 Å². The first-order valence-electron chi connectivity index (χ1n) is 5.38. The van der Waals surface area contributed by atoms with E-state index in [-0.39, 0.29) is 5.75 Å². The summed E-state index contributed by atoms with van der Waals surface area (Å²) in [6.07, 6.45) is 2.53. The Morgan fingerprint density at radius 2 is 2.06 bits per heavy atom. The topological polar surface area (TPSA) is 67.5 Å². The average Bonchev–Trinajstić information content (AvgIpc) is 2.82. The van der Waals surface area contributed by atoms with Crippen molar-refractivity contribution in [2.24, 2.45) is 0 Å². The lowest BCUT2D eigenvalue weighted by Gasteiger charge is -2.01. The number of hydrogen-bond acceptors (Lipinski definition) is 4. The van der Waals surface area contributed by atoms with Crippen LogP contribution in [0.1, 0.15) is 10.4 Å². The second-order valence-corrected chi connectivity index (χ2v) is 3.85. The second-order valence-electron chi connectivity index (χ2n) is 3.85. The number of pyridine rings is 1. The second kappa shape index (κ2) is 3.96. The number of aromatic nitrogens is 3. The van der Waals surface area contributed by atoms with Crippen molar-refractivity contribution in [3.05, 3.63) is 48.2 Å². The van der Waals surface area contributed by atoms with E-state index in [0.29, 0.717) is 17.0 Å². The van der Waals surface area contributed by atoms with E-state index in [9.17, 15) is 9.90 Å². The standard InChI is InChI=1S/C13H9N3O2/c17-8-10-4-2-6-16-12(14-15-13(10)16)9-3-1-5-11(18)7-9/h1-8,18H. The molecule has 0 aliphatic carbocycles. The van der Waals surface area contributed by atoms with Gasteiger partial charge in [-0.25, -0.2) is 0 Å². The summed E-state index contributed by atoms with van der Waals surface area (Å²) in [4.78, 5) is 10.9. The minimum absolute atomic E-state index is 0.163. The average molecular weight is 239 g/mol. The van der Waals surface area contributed by atoms with Gasteiger partial charge in [0.2, 0.25) is 0 Å². The van der Waals surface area contributed by atoms with Gasteiger partial charge >= 0.3 is 0 Å². The largest absolute Gasteiger partial charge is 0.508 e. The zero-order valence-electron chi connectivity index (χ0n) is 9.32. The minimum Gasteiger partial charge on any atom is -0.508 e. The molecule has 88 valence electrons. The first-order chi connectivity index (χ1) is 8.79. The molecule has 18 heavy (non-hydrogen) atoms.